The molecule has 122 valence electrons. The number of fused-ring (bicyclic) bond motifs is 1. The van der Waals surface area contributed by atoms with Gasteiger partial charge in [-0.3, -0.25) is 0 Å². The summed E-state index contributed by atoms with van der Waals surface area (Å²) in [4.78, 5) is 0. The molecule has 0 saturated carbocycles. The van der Waals surface area contributed by atoms with Crippen LogP contribution in [-0.4, -0.2) is 18.3 Å². The number of benzene rings is 1. The number of hydrogen-bond acceptors (Lipinski definition) is 3. The molecular formula is C19H28O3. The maximum Gasteiger partial charge on any atom is 0.192 e. The minimum absolute atomic E-state index is 0.0547. The first-order chi connectivity index (χ1) is 10.1. The van der Waals surface area contributed by atoms with Crippen LogP contribution < -0.4 is 0 Å². The van der Waals surface area contributed by atoms with Gasteiger partial charge in [0, 0.05) is 5.56 Å². The maximum atomic E-state index is 11.0. The lowest BCUT2D eigenvalue weighted by Gasteiger charge is -2.46. The van der Waals surface area contributed by atoms with Gasteiger partial charge in [-0.25, -0.2) is 0 Å². The summed E-state index contributed by atoms with van der Waals surface area (Å²) in [6.45, 7) is 14.0. The van der Waals surface area contributed by atoms with Crippen LogP contribution in [0.2, 0.25) is 0 Å². The Labute approximate surface area is 133 Å². The van der Waals surface area contributed by atoms with Crippen molar-refractivity contribution in [2.75, 3.05) is 13.2 Å². The molecule has 2 atom stereocenters. The number of rotatable bonds is 1. The van der Waals surface area contributed by atoms with Crippen LogP contribution in [-0.2, 0) is 26.3 Å². The third-order valence-electron chi connectivity index (χ3n) is 5.90. The molecule has 0 aromatic heterocycles. The van der Waals surface area contributed by atoms with Crippen LogP contribution in [0.4, 0.5) is 0 Å². The van der Waals surface area contributed by atoms with E-state index < -0.39 is 11.4 Å². The van der Waals surface area contributed by atoms with Crippen LogP contribution in [0.25, 0.3) is 0 Å². The molecule has 1 saturated heterocycles. The van der Waals surface area contributed by atoms with E-state index in [1.165, 1.54) is 11.1 Å². The Morgan fingerprint density at radius 1 is 1.00 bits per heavy atom. The molecule has 1 aliphatic carbocycles. The Morgan fingerprint density at radius 2 is 1.59 bits per heavy atom. The smallest absolute Gasteiger partial charge is 0.192 e. The Kier molecular flexibility index (Phi) is 3.48. The van der Waals surface area contributed by atoms with Crippen molar-refractivity contribution >= 4 is 0 Å². The highest BCUT2D eigenvalue weighted by Crippen LogP contribution is 2.50. The van der Waals surface area contributed by atoms with Crippen molar-refractivity contribution in [3.63, 3.8) is 0 Å². The Hall–Kier alpha value is -0.900. The van der Waals surface area contributed by atoms with E-state index in [1.54, 1.807) is 0 Å². The van der Waals surface area contributed by atoms with Crippen LogP contribution in [0.1, 0.15) is 63.3 Å². The van der Waals surface area contributed by atoms with E-state index in [0.717, 1.165) is 17.5 Å². The average molecular weight is 304 g/mol. The van der Waals surface area contributed by atoms with Crippen molar-refractivity contribution < 1.29 is 14.6 Å². The lowest BCUT2D eigenvalue weighted by atomic mass is 9.61. The molecule has 0 amide bonds. The second-order valence-corrected chi connectivity index (χ2v) is 7.96. The summed E-state index contributed by atoms with van der Waals surface area (Å²) in [5.74, 6) is -0.266. The molecule has 3 rings (SSSR count). The minimum atomic E-state index is -0.804. The first-order valence-electron chi connectivity index (χ1n) is 8.24. The fraction of sp³-hybridized carbons (Fsp3) is 0.684. The number of hydrogen-bond donors (Lipinski definition) is 1. The van der Waals surface area contributed by atoms with Crippen LogP contribution in [0.15, 0.2) is 12.1 Å². The second kappa shape index (κ2) is 4.80. The summed E-state index contributed by atoms with van der Waals surface area (Å²) in [5.41, 5.74) is 3.73. The number of aryl methyl sites for hydroxylation is 1. The van der Waals surface area contributed by atoms with E-state index in [-0.39, 0.29) is 5.41 Å². The lowest BCUT2D eigenvalue weighted by Crippen LogP contribution is -2.42. The van der Waals surface area contributed by atoms with Gasteiger partial charge in [-0.2, -0.15) is 0 Å². The number of ether oxygens (including phenoxy) is 2. The molecule has 0 bridgehead atoms. The molecule has 1 N–H and O–H groups in total. The average Bonchev–Trinajstić information content (AvgIpc) is 2.84. The van der Waals surface area contributed by atoms with Crippen LogP contribution in [0.5, 0.6) is 0 Å². The normalized spacial score (nSPS) is 32.8. The van der Waals surface area contributed by atoms with Crippen molar-refractivity contribution in [3.8, 4) is 0 Å². The van der Waals surface area contributed by atoms with Gasteiger partial charge in [0.1, 0.15) is 0 Å². The highest BCUT2D eigenvalue weighted by Gasteiger charge is 2.45. The zero-order chi connectivity index (χ0) is 16.3. The SMILES string of the molecule is Cc1cc2c(cc1C1(C)OCCO1)C(C)(O)CC(C)C2(C)C. The lowest BCUT2D eigenvalue weighted by molar-refractivity contribution is -0.150. The zero-order valence-electron chi connectivity index (χ0n) is 14.6. The van der Waals surface area contributed by atoms with E-state index in [2.05, 4.69) is 39.8 Å². The highest BCUT2D eigenvalue weighted by molar-refractivity contribution is 5.48. The van der Waals surface area contributed by atoms with Gasteiger partial charge in [0.25, 0.3) is 0 Å². The molecular weight excluding hydrogens is 276 g/mol. The van der Waals surface area contributed by atoms with Gasteiger partial charge >= 0.3 is 0 Å². The first-order valence-corrected chi connectivity index (χ1v) is 8.24. The maximum absolute atomic E-state index is 11.0. The topological polar surface area (TPSA) is 38.7 Å². The second-order valence-electron chi connectivity index (χ2n) is 7.96. The van der Waals surface area contributed by atoms with Gasteiger partial charge in [-0.1, -0.05) is 26.8 Å². The van der Waals surface area contributed by atoms with Crippen LogP contribution >= 0.6 is 0 Å². The van der Waals surface area contributed by atoms with Crippen molar-refractivity contribution in [2.45, 2.75) is 64.8 Å². The standard InChI is InChI=1S/C19H28O3/c1-12-9-15-16(10-14(12)19(6)21-7-8-22-19)18(5,20)11-13(2)17(15,3)4/h9-10,13,20H,7-8,11H2,1-6H3. The predicted octanol–water partition coefficient (Wildman–Crippen LogP) is 3.74. The molecule has 2 aliphatic rings. The molecule has 3 heteroatoms. The van der Waals surface area contributed by atoms with E-state index in [4.69, 9.17) is 9.47 Å². The fourth-order valence-corrected chi connectivity index (χ4v) is 4.07. The van der Waals surface area contributed by atoms with Gasteiger partial charge < -0.3 is 14.6 Å². The van der Waals surface area contributed by atoms with Gasteiger partial charge in [0.2, 0.25) is 0 Å². The van der Waals surface area contributed by atoms with E-state index in [0.29, 0.717) is 19.1 Å². The summed E-state index contributed by atoms with van der Waals surface area (Å²) >= 11 is 0. The van der Waals surface area contributed by atoms with Crippen molar-refractivity contribution in [3.05, 3.63) is 34.4 Å². The largest absolute Gasteiger partial charge is 0.385 e. The zero-order valence-corrected chi connectivity index (χ0v) is 14.6. The highest BCUT2D eigenvalue weighted by atomic mass is 16.7. The fourth-order valence-electron chi connectivity index (χ4n) is 4.07. The van der Waals surface area contributed by atoms with Crippen molar-refractivity contribution in [1.29, 1.82) is 0 Å². The molecule has 3 nitrogen and oxygen atoms in total. The van der Waals surface area contributed by atoms with Gasteiger partial charge in [0.15, 0.2) is 5.79 Å². The minimum Gasteiger partial charge on any atom is -0.385 e. The molecule has 0 radical (unpaired) electrons. The molecule has 0 spiro atoms. The van der Waals surface area contributed by atoms with Crippen LogP contribution in [0, 0.1) is 12.8 Å². The van der Waals surface area contributed by atoms with Gasteiger partial charge in [-0.15, -0.1) is 0 Å². The van der Waals surface area contributed by atoms with Crippen molar-refractivity contribution in [1.82, 2.24) is 0 Å². The third kappa shape index (κ3) is 2.22. The Morgan fingerprint density at radius 3 is 2.18 bits per heavy atom. The quantitative estimate of drug-likeness (QED) is 0.859. The molecule has 1 aromatic carbocycles. The van der Waals surface area contributed by atoms with E-state index in [9.17, 15) is 5.11 Å². The third-order valence-corrected chi connectivity index (χ3v) is 5.90. The molecule has 1 aromatic rings. The summed E-state index contributed by atoms with van der Waals surface area (Å²) in [6.07, 6.45) is 0.772. The molecule has 1 aliphatic heterocycles. The summed E-state index contributed by atoms with van der Waals surface area (Å²) in [7, 11) is 0. The molecule has 2 unspecified atom stereocenters. The summed E-state index contributed by atoms with van der Waals surface area (Å²) in [5, 5.41) is 11.0. The Balaban J connectivity index is 2.21. The number of aliphatic hydroxyl groups is 1. The van der Waals surface area contributed by atoms with Crippen LogP contribution in [0.3, 0.4) is 0 Å². The molecule has 22 heavy (non-hydrogen) atoms. The predicted molar refractivity (Wildman–Crippen MR) is 86.8 cm³/mol. The van der Waals surface area contributed by atoms with E-state index in [1.807, 2.05) is 13.8 Å². The van der Waals surface area contributed by atoms with E-state index >= 15 is 0 Å². The van der Waals surface area contributed by atoms with Gasteiger partial charge in [-0.05, 0) is 61.3 Å². The van der Waals surface area contributed by atoms with Crippen molar-refractivity contribution in [2.24, 2.45) is 5.92 Å². The monoisotopic (exact) mass is 304 g/mol. The Bertz CT molecular complexity index is 595. The molecule has 1 fully saturated rings. The molecule has 1 heterocycles. The first kappa shape index (κ1) is 16.0. The summed E-state index contributed by atoms with van der Waals surface area (Å²) < 4.78 is 11.7. The summed E-state index contributed by atoms with van der Waals surface area (Å²) in [6, 6.07) is 4.34. The van der Waals surface area contributed by atoms with Gasteiger partial charge in [0.05, 0.1) is 18.8 Å².